The number of halogens is 3. The summed E-state index contributed by atoms with van der Waals surface area (Å²) in [5.41, 5.74) is 8.10. The van der Waals surface area contributed by atoms with Gasteiger partial charge < -0.3 is 10.0 Å². The molecule has 1 aliphatic heterocycles. The van der Waals surface area contributed by atoms with Crippen LogP contribution in [-0.2, 0) is 30.4 Å². The molecule has 0 amide bonds. The number of benzene rings is 2. The van der Waals surface area contributed by atoms with Gasteiger partial charge in [-0.2, -0.15) is 17.7 Å². The van der Waals surface area contributed by atoms with E-state index in [1.807, 2.05) is 30.3 Å². The minimum atomic E-state index is -4.47. The molecule has 4 nitrogen and oxygen atoms in total. The van der Waals surface area contributed by atoms with Crippen molar-refractivity contribution in [3.05, 3.63) is 105 Å². The van der Waals surface area contributed by atoms with Crippen LogP contribution in [0.15, 0.2) is 71.3 Å². The second-order valence-corrected chi connectivity index (χ2v) is 11.2. The van der Waals surface area contributed by atoms with E-state index in [2.05, 4.69) is 30.5 Å². The fraction of sp³-hybridized carbons (Fsp3) is 0.294. The predicted octanol–water partition coefficient (Wildman–Crippen LogP) is 7.32. The Balaban J connectivity index is 1.42. The lowest BCUT2D eigenvalue weighted by atomic mass is 9.70. The molecule has 7 rings (SSSR count). The third-order valence-electron chi connectivity index (χ3n) is 9.23. The van der Waals surface area contributed by atoms with Gasteiger partial charge in [-0.15, -0.1) is 0 Å². The van der Waals surface area contributed by atoms with E-state index in [1.54, 1.807) is 6.08 Å². The molecule has 3 aliphatic carbocycles. The van der Waals surface area contributed by atoms with Crippen molar-refractivity contribution in [1.29, 1.82) is 0 Å². The van der Waals surface area contributed by atoms with Crippen molar-refractivity contribution in [2.24, 2.45) is 0 Å². The minimum absolute atomic E-state index is 0.0349. The number of aliphatic hydroxyl groups is 1. The molecule has 0 saturated carbocycles. The van der Waals surface area contributed by atoms with Crippen LogP contribution in [0.5, 0.6) is 0 Å². The molecule has 7 heteroatoms. The fourth-order valence-corrected chi connectivity index (χ4v) is 7.26. The number of hydrogen-bond donors (Lipinski definition) is 1. The number of aromatic nitrogens is 1. The molecule has 0 fully saturated rings. The zero-order valence-electron chi connectivity index (χ0n) is 23.2. The van der Waals surface area contributed by atoms with Gasteiger partial charge in [-0.1, -0.05) is 6.07 Å². The van der Waals surface area contributed by atoms with Crippen molar-refractivity contribution in [2.75, 3.05) is 11.4 Å². The SMILES string of the molecule is CCN1C=CC2=C(C3=C(O)C(=C4CCc5c(C)ccc6c5c4cc[n+]6CC)C3=O)CCc3c(C(F)(F)F)ccc1c32. The number of hydrogen-bond acceptors (Lipinski definition) is 3. The molecule has 4 aliphatic rings. The summed E-state index contributed by atoms with van der Waals surface area (Å²) in [6.45, 7) is 7.57. The van der Waals surface area contributed by atoms with Crippen LogP contribution in [0.1, 0.15) is 60.1 Å². The average molecular weight is 556 g/mol. The standard InChI is InChI=1S/C34H29F3N2O2/c1-4-38-16-14-22-20(8-7-19-18(3)6-12-26(38)28(19)22)30-32(40)31(33(30)41)21-9-10-24-25(34(35,36)37)11-13-27-29(24)23(21)15-17-39(27)5-2/h6,11-17H,4-5,7-10H2,1-3H3/p+1. The normalized spacial score (nSPS) is 19.8. The molecular weight excluding hydrogens is 525 g/mol. The number of Topliss-reactive ketones (excluding diaryl/α,β-unsaturated/α-hetero) is 1. The largest absolute Gasteiger partial charge is 0.506 e. The molecule has 2 heterocycles. The maximum absolute atomic E-state index is 14.0. The van der Waals surface area contributed by atoms with Crippen LogP contribution in [0.3, 0.4) is 0 Å². The first-order valence-corrected chi connectivity index (χ1v) is 14.2. The van der Waals surface area contributed by atoms with E-state index in [0.29, 0.717) is 40.9 Å². The Morgan fingerprint density at radius 2 is 1.71 bits per heavy atom. The van der Waals surface area contributed by atoms with Crippen molar-refractivity contribution in [2.45, 2.75) is 59.2 Å². The smallest absolute Gasteiger partial charge is 0.416 e. The number of aryl methyl sites for hydroxylation is 3. The van der Waals surface area contributed by atoms with Crippen LogP contribution in [0.2, 0.25) is 0 Å². The van der Waals surface area contributed by atoms with Crippen molar-refractivity contribution in [3.63, 3.8) is 0 Å². The summed E-state index contributed by atoms with van der Waals surface area (Å²) in [4.78, 5) is 15.8. The molecule has 1 aromatic heterocycles. The lowest BCUT2D eigenvalue weighted by Gasteiger charge is -2.36. The van der Waals surface area contributed by atoms with E-state index in [1.165, 1.54) is 17.2 Å². The Morgan fingerprint density at radius 1 is 0.951 bits per heavy atom. The summed E-state index contributed by atoms with van der Waals surface area (Å²) >= 11 is 0. The molecule has 0 unspecified atom stereocenters. The van der Waals surface area contributed by atoms with Gasteiger partial charge in [0.1, 0.15) is 12.3 Å². The summed E-state index contributed by atoms with van der Waals surface area (Å²) in [7, 11) is 0. The highest BCUT2D eigenvalue weighted by molar-refractivity contribution is 6.27. The predicted molar refractivity (Wildman–Crippen MR) is 153 cm³/mol. The number of carbonyl (C=O) groups excluding carboxylic acids is 1. The third kappa shape index (κ3) is 3.54. The van der Waals surface area contributed by atoms with Gasteiger partial charge in [0.05, 0.1) is 22.1 Å². The van der Waals surface area contributed by atoms with E-state index in [0.717, 1.165) is 41.1 Å². The van der Waals surface area contributed by atoms with Gasteiger partial charge in [-0.25, -0.2) is 0 Å². The average Bonchev–Trinajstić information content (AvgIpc) is 2.96. The van der Waals surface area contributed by atoms with E-state index < -0.39 is 11.7 Å². The van der Waals surface area contributed by atoms with Gasteiger partial charge in [0.15, 0.2) is 6.20 Å². The molecule has 3 aromatic rings. The van der Waals surface area contributed by atoms with Crippen LogP contribution in [-0.4, -0.2) is 17.4 Å². The Hall–Kier alpha value is -4.13. The first-order valence-electron chi connectivity index (χ1n) is 14.2. The molecule has 0 atom stereocenters. The lowest BCUT2D eigenvalue weighted by molar-refractivity contribution is -0.667. The van der Waals surface area contributed by atoms with E-state index in [9.17, 15) is 23.1 Å². The maximum atomic E-state index is 14.0. The number of anilines is 1. The van der Waals surface area contributed by atoms with Crippen LogP contribution >= 0.6 is 0 Å². The highest BCUT2D eigenvalue weighted by Gasteiger charge is 2.44. The third-order valence-corrected chi connectivity index (χ3v) is 9.23. The molecule has 0 bridgehead atoms. The van der Waals surface area contributed by atoms with Crippen molar-refractivity contribution in [1.82, 2.24) is 0 Å². The van der Waals surface area contributed by atoms with E-state index in [-0.39, 0.29) is 35.5 Å². The Kier molecular flexibility index (Phi) is 5.62. The van der Waals surface area contributed by atoms with Gasteiger partial charge in [0, 0.05) is 36.1 Å². The minimum Gasteiger partial charge on any atom is -0.506 e. The number of nitrogens with zero attached hydrogens (tertiary/aromatic N) is 2. The summed E-state index contributed by atoms with van der Waals surface area (Å²) in [5, 5.41) is 12.6. The van der Waals surface area contributed by atoms with Gasteiger partial charge in [-0.05, 0) is 104 Å². The van der Waals surface area contributed by atoms with Crippen LogP contribution in [0, 0.1) is 6.92 Å². The number of ketones is 1. The maximum Gasteiger partial charge on any atom is 0.416 e. The van der Waals surface area contributed by atoms with Crippen molar-refractivity contribution >= 4 is 33.5 Å². The molecule has 0 saturated heterocycles. The second-order valence-electron chi connectivity index (χ2n) is 11.2. The molecule has 41 heavy (non-hydrogen) atoms. The zero-order chi connectivity index (χ0) is 28.8. The van der Waals surface area contributed by atoms with Crippen LogP contribution in [0.4, 0.5) is 18.9 Å². The summed E-state index contributed by atoms with van der Waals surface area (Å²) in [5.74, 6) is -0.257. The lowest BCUT2D eigenvalue weighted by Crippen LogP contribution is -2.34. The molecular formula is C34H30F3N2O2+. The number of aliphatic hydroxyl groups excluding tert-OH is 1. The fourth-order valence-electron chi connectivity index (χ4n) is 7.26. The highest BCUT2D eigenvalue weighted by atomic mass is 19.4. The summed E-state index contributed by atoms with van der Waals surface area (Å²) in [6, 6.07) is 8.98. The second kappa shape index (κ2) is 8.93. The van der Waals surface area contributed by atoms with Gasteiger partial charge in [0.25, 0.3) is 0 Å². The van der Waals surface area contributed by atoms with Crippen LogP contribution in [0.25, 0.3) is 22.0 Å². The first kappa shape index (κ1) is 25.8. The number of rotatable bonds is 3. The Bertz CT molecular complexity index is 1840. The summed E-state index contributed by atoms with van der Waals surface area (Å²) in [6.07, 6.45) is 3.04. The van der Waals surface area contributed by atoms with Crippen molar-refractivity contribution < 1.29 is 27.6 Å². The van der Waals surface area contributed by atoms with Gasteiger partial charge >= 0.3 is 6.18 Å². The van der Waals surface area contributed by atoms with E-state index in [4.69, 9.17) is 0 Å². The topological polar surface area (TPSA) is 44.4 Å². The van der Waals surface area contributed by atoms with Gasteiger partial charge in [0.2, 0.25) is 11.3 Å². The first-order chi connectivity index (χ1) is 19.7. The molecule has 208 valence electrons. The monoisotopic (exact) mass is 555 g/mol. The molecule has 1 N–H and O–H groups in total. The zero-order valence-corrected chi connectivity index (χ0v) is 23.2. The number of allylic oxidation sites excluding steroid dienone is 6. The number of carbonyl (C=O) groups is 1. The quantitative estimate of drug-likeness (QED) is 0.272. The molecule has 2 aromatic carbocycles. The number of pyridine rings is 1. The highest BCUT2D eigenvalue weighted by Crippen LogP contribution is 2.51. The van der Waals surface area contributed by atoms with Crippen LogP contribution < -0.4 is 9.47 Å². The Labute approximate surface area is 236 Å². The number of alkyl halides is 3. The summed E-state index contributed by atoms with van der Waals surface area (Å²) < 4.78 is 44.1. The van der Waals surface area contributed by atoms with Crippen molar-refractivity contribution in [3.8, 4) is 0 Å². The van der Waals surface area contributed by atoms with Gasteiger partial charge in [-0.3, -0.25) is 4.79 Å². The molecule has 0 radical (unpaired) electrons. The Morgan fingerprint density at radius 3 is 2.41 bits per heavy atom. The molecule has 0 spiro atoms. The van der Waals surface area contributed by atoms with E-state index >= 15 is 0 Å².